The maximum absolute atomic E-state index is 2.67. The van der Waals surface area contributed by atoms with Crippen molar-refractivity contribution in [3.05, 3.63) is 0 Å². The summed E-state index contributed by atoms with van der Waals surface area (Å²) >= 11 is 0. The Hall–Kier alpha value is 0.270. The molecule has 0 aromatic rings. The third kappa shape index (κ3) is 4.14. The van der Waals surface area contributed by atoms with Gasteiger partial charge in [-0.2, -0.15) is 0 Å². The lowest BCUT2D eigenvalue weighted by Gasteiger charge is -2.44. The molecule has 0 aliphatic carbocycles. The van der Waals surface area contributed by atoms with E-state index in [1.807, 2.05) is 0 Å². The van der Waals surface area contributed by atoms with Crippen molar-refractivity contribution in [2.45, 2.75) is 41.5 Å². The van der Waals surface area contributed by atoms with Gasteiger partial charge < -0.3 is 5.48 Å². The molecule has 0 aliphatic rings. The van der Waals surface area contributed by atoms with Gasteiger partial charge in [0.2, 0.25) is 7.71 Å². The van der Waals surface area contributed by atoms with Crippen molar-refractivity contribution < 1.29 is 5.48 Å². The van der Waals surface area contributed by atoms with Gasteiger partial charge in [-0.05, 0) is 41.5 Å². The fourth-order valence-corrected chi connectivity index (χ4v) is 7.10. The first kappa shape index (κ1) is 20.6. The van der Waals surface area contributed by atoms with E-state index < -0.39 is 7.71 Å². The van der Waals surface area contributed by atoms with E-state index in [2.05, 4.69) is 62.2 Å². The first-order valence-electron chi connectivity index (χ1n) is 7.19. The van der Waals surface area contributed by atoms with Gasteiger partial charge in [-0.15, -0.1) is 14.0 Å². The van der Waals surface area contributed by atoms with Gasteiger partial charge in [-0.1, -0.05) is 0 Å². The van der Waals surface area contributed by atoms with Crippen molar-refractivity contribution in [1.82, 2.24) is 14.0 Å². The second-order valence-corrected chi connectivity index (χ2v) is 7.72. The summed E-state index contributed by atoms with van der Waals surface area (Å²) in [5.41, 5.74) is 0. The maximum Gasteiger partial charge on any atom is 0.224 e. The van der Waals surface area contributed by atoms with Crippen LogP contribution in [0.3, 0.4) is 0 Å². The zero-order chi connectivity index (χ0) is 13.5. The Kier molecular flexibility index (Phi) is 11.6. The summed E-state index contributed by atoms with van der Waals surface area (Å²) in [4.78, 5) is 0. The van der Waals surface area contributed by atoms with Crippen LogP contribution in [0.5, 0.6) is 0 Å². The molecule has 0 radical (unpaired) electrons. The summed E-state index contributed by atoms with van der Waals surface area (Å²) in [7, 11) is -1.30. The molecule has 4 nitrogen and oxygen atoms in total. The average molecular weight is 279 g/mol. The Labute approximate surface area is 115 Å². The Balaban J connectivity index is 0. The van der Waals surface area contributed by atoms with Gasteiger partial charge in [0.25, 0.3) is 0 Å². The van der Waals surface area contributed by atoms with Crippen LogP contribution in [0.1, 0.15) is 41.5 Å². The molecule has 0 saturated carbocycles. The van der Waals surface area contributed by atoms with Crippen molar-refractivity contribution in [2.75, 3.05) is 45.9 Å². The van der Waals surface area contributed by atoms with Crippen LogP contribution in [0.15, 0.2) is 0 Å². The molecular weight excluding hydrogens is 245 g/mol. The fourth-order valence-electron chi connectivity index (χ4n) is 2.81. The average Bonchev–Trinajstić information content (AvgIpc) is 2.33. The molecule has 0 fully saturated rings. The van der Waals surface area contributed by atoms with Gasteiger partial charge in [0, 0.05) is 39.3 Å². The Morgan fingerprint density at radius 3 is 0.833 bits per heavy atom. The van der Waals surface area contributed by atoms with Crippen molar-refractivity contribution in [2.24, 2.45) is 0 Å². The van der Waals surface area contributed by atoms with Crippen LogP contribution in [0, 0.1) is 0 Å². The van der Waals surface area contributed by atoms with Crippen LogP contribution in [0.4, 0.5) is 0 Å². The van der Waals surface area contributed by atoms with E-state index in [0.29, 0.717) is 0 Å². The minimum absolute atomic E-state index is 0. The first-order valence-corrected chi connectivity index (χ1v) is 9.28. The summed E-state index contributed by atoms with van der Waals surface area (Å²) in [5.74, 6) is 0. The van der Waals surface area contributed by atoms with E-state index in [1.165, 1.54) is 0 Å². The van der Waals surface area contributed by atoms with Gasteiger partial charge in [0.15, 0.2) is 0 Å². The van der Waals surface area contributed by atoms with E-state index in [0.717, 1.165) is 39.3 Å². The summed E-state index contributed by atoms with van der Waals surface area (Å²) < 4.78 is 8.02. The second-order valence-electron chi connectivity index (χ2n) is 4.29. The molecule has 0 aliphatic heterocycles. The van der Waals surface area contributed by atoms with Gasteiger partial charge in [0.05, 0.1) is 6.66 Å². The highest BCUT2D eigenvalue weighted by Crippen LogP contribution is 2.63. The Morgan fingerprint density at radius 2 is 0.722 bits per heavy atom. The van der Waals surface area contributed by atoms with Crippen LogP contribution < -0.4 is 0 Å². The van der Waals surface area contributed by atoms with Crippen LogP contribution in [0.2, 0.25) is 0 Å². The molecule has 0 rings (SSSR count). The molecule has 1 N–H and O–H groups in total. The third-order valence-corrected chi connectivity index (χ3v) is 8.71. The Bertz CT molecular complexity index is 161. The minimum atomic E-state index is -1.30. The Morgan fingerprint density at radius 1 is 0.556 bits per heavy atom. The zero-order valence-corrected chi connectivity index (χ0v) is 14.4. The van der Waals surface area contributed by atoms with Crippen molar-refractivity contribution in [3.63, 3.8) is 0 Å². The molecule has 0 unspecified atom stereocenters. The zero-order valence-electron chi connectivity index (χ0n) is 13.5. The molecular formula is C13H34N3OP. The number of nitrogens with zero attached hydrogens (tertiary/aromatic N) is 3. The predicted octanol–water partition coefficient (Wildman–Crippen LogP) is 3.23. The molecule has 0 aromatic heterocycles. The van der Waals surface area contributed by atoms with Gasteiger partial charge in [0.1, 0.15) is 0 Å². The topological polar surface area (TPSA) is 39.7 Å². The van der Waals surface area contributed by atoms with Crippen molar-refractivity contribution in [3.8, 4) is 0 Å². The largest absolute Gasteiger partial charge is 0.870 e. The SMILES string of the molecule is CCN(CC)[P+](C)(N(CC)CC)N(CC)CC.[OH-]. The van der Waals surface area contributed by atoms with E-state index >= 15 is 0 Å². The van der Waals surface area contributed by atoms with Gasteiger partial charge in [-0.25, -0.2) is 0 Å². The lowest BCUT2D eigenvalue weighted by atomic mass is 10.7. The molecule has 0 spiro atoms. The van der Waals surface area contributed by atoms with Crippen LogP contribution in [-0.4, -0.2) is 65.4 Å². The molecule has 0 amide bonds. The van der Waals surface area contributed by atoms with E-state index in [9.17, 15) is 0 Å². The van der Waals surface area contributed by atoms with E-state index in [1.54, 1.807) is 0 Å². The standard InChI is InChI=1S/C13H33N3P.H2O/c1-8-14(9-2)17(7,15(10-3)11-4)16(12-5)13-6;/h8-13H2,1-7H3;1H2/q+1;/p-1. The molecule has 5 heteroatoms. The van der Waals surface area contributed by atoms with Crippen LogP contribution in [0.25, 0.3) is 0 Å². The molecule has 0 atom stereocenters. The summed E-state index contributed by atoms with van der Waals surface area (Å²) in [5, 5.41) is 0. The highest BCUT2D eigenvalue weighted by atomic mass is 31.2. The summed E-state index contributed by atoms with van der Waals surface area (Å²) in [6.07, 6.45) is 0. The number of hydrogen-bond acceptors (Lipinski definition) is 4. The van der Waals surface area contributed by atoms with Gasteiger partial charge >= 0.3 is 0 Å². The highest BCUT2D eigenvalue weighted by molar-refractivity contribution is 7.68. The van der Waals surface area contributed by atoms with E-state index in [4.69, 9.17) is 0 Å². The van der Waals surface area contributed by atoms with Gasteiger partial charge in [-0.3, -0.25) is 0 Å². The molecule has 0 bridgehead atoms. The van der Waals surface area contributed by atoms with Crippen LogP contribution in [-0.2, 0) is 0 Å². The van der Waals surface area contributed by atoms with Crippen LogP contribution >= 0.6 is 7.71 Å². The smallest absolute Gasteiger partial charge is 0.224 e. The quantitative estimate of drug-likeness (QED) is 0.608. The first-order chi connectivity index (χ1) is 8.06. The molecule has 18 heavy (non-hydrogen) atoms. The normalized spacial score (nSPS) is 12.3. The fraction of sp³-hybridized carbons (Fsp3) is 1.00. The predicted molar refractivity (Wildman–Crippen MR) is 83.5 cm³/mol. The summed E-state index contributed by atoms with van der Waals surface area (Å²) in [6, 6.07) is 0. The molecule has 0 saturated heterocycles. The number of rotatable bonds is 9. The monoisotopic (exact) mass is 279 g/mol. The minimum Gasteiger partial charge on any atom is -0.870 e. The van der Waals surface area contributed by atoms with Crippen molar-refractivity contribution >= 4 is 7.71 Å². The molecule has 0 aromatic carbocycles. The third-order valence-electron chi connectivity index (χ3n) is 3.80. The summed E-state index contributed by atoms with van der Waals surface area (Å²) in [6.45, 7) is 23.1. The molecule has 0 heterocycles. The highest BCUT2D eigenvalue weighted by Gasteiger charge is 2.48. The van der Waals surface area contributed by atoms with E-state index in [-0.39, 0.29) is 5.48 Å². The second kappa shape index (κ2) is 10.1. The lowest BCUT2D eigenvalue weighted by molar-refractivity contribution is 0.334. The maximum atomic E-state index is 2.67. The number of hydrogen-bond donors (Lipinski definition) is 0. The van der Waals surface area contributed by atoms with Crippen molar-refractivity contribution in [1.29, 1.82) is 0 Å². The lowest BCUT2D eigenvalue weighted by Crippen LogP contribution is -2.44. The molecule has 112 valence electrons.